The Hall–Kier alpha value is -1.78. The van der Waals surface area contributed by atoms with Crippen LogP contribution in [0.2, 0.25) is 0 Å². The van der Waals surface area contributed by atoms with Gasteiger partial charge in [-0.05, 0) is 40.9 Å². The second kappa shape index (κ2) is 5.07. The summed E-state index contributed by atoms with van der Waals surface area (Å²) in [7, 11) is 0. The maximum absolute atomic E-state index is 12.8. The SMILES string of the molecule is NC(Cc1csc2ccccc12)c1ccc(F)cn1. The first-order chi connectivity index (χ1) is 9.24. The highest BCUT2D eigenvalue weighted by Gasteiger charge is 2.11. The summed E-state index contributed by atoms with van der Waals surface area (Å²) >= 11 is 1.72. The Morgan fingerprint density at radius 1 is 1.21 bits per heavy atom. The van der Waals surface area contributed by atoms with Crippen LogP contribution in [0.4, 0.5) is 4.39 Å². The van der Waals surface area contributed by atoms with Gasteiger partial charge in [-0.3, -0.25) is 4.98 Å². The average Bonchev–Trinajstić information content (AvgIpc) is 2.83. The molecule has 0 saturated heterocycles. The molecule has 0 radical (unpaired) electrons. The van der Waals surface area contributed by atoms with Crippen molar-refractivity contribution in [1.82, 2.24) is 4.98 Å². The molecule has 2 aromatic heterocycles. The van der Waals surface area contributed by atoms with Gasteiger partial charge in [0.2, 0.25) is 0 Å². The number of fused-ring (bicyclic) bond motifs is 1. The molecular formula is C15H13FN2S. The van der Waals surface area contributed by atoms with E-state index in [0.29, 0.717) is 6.42 Å². The molecule has 96 valence electrons. The second-order valence-corrected chi connectivity index (χ2v) is 5.38. The molecule has 1 unspecified atom stereocenters. The predicted octanol–water partition coefficient (Wildman–Crippen LogP) is 3.68. The third-order valence-electron chi connectivity index (χ3n) is 3.13. The molecule has 0 fully saturated rings. The topological polar surface area (TPSA) is 38.9 Å². The minimum Gasteiger partial charge on any atom is -0.322 e. The van der Waals surface area contributed by atoms with E-state index < -0.39 is 0 Å². The van der Waals surface area contributed by atoms with E-state index in [1.165, 1.54) is 27.9 Å². The minimum absolute atomic E-state index is 0.210. The summed E-state index contributed by atoms with van der Waals surface area (Å²) in [5.41, 5.74) is 8.09. The number of benzene rings is 1. The van der Waals surface area contributed by atoms with E-state index in [-0.39, 0.29) is 11.9 Å². The summed E-state index contributed by atoms with van der Waals surface area (Å²) in [4.78, 5) is 4.04. The lowest BCUT2D eigenvalue weighted by molar-refractivity contribution is 0.612. The number of rotatable bonds is 3. The summed E-state index contributed by atoms with van der Waals surface area (Å²) in [6.07, 6.45) is 1.92. The maximum Gasteiger partial charge on any atom is 0.141 e. The number of pyridine rings is 1. The highest BCUT2D eigenvalue weighted by atomic mass is 32.1. The largest absolute Gasteiger partial charge is 0.322 e. The van der Waals surface area contributed by atoms with Crippen LogP contribution in [0, 0.1) is 5.82 Å². The van der Waals surface area contributed by atoms with Crippen LogP contribution < -0.4 is 5.73 Å². The van der Waals surface area contributed by atoms with Gasteiger partial charge in [0.05, 0.1) is 17.9 Å². The first kappa shape index (κ1) is 12.3. The summed E-state index contributed by atoms with van der Waals surface area (Å²) in [6, 6.07) is 11.1. The van der Waals surface area contributed by atoms with Crippen LogP contribution in [0.3, 0.4) is 0 Å². The van der Waals surface area contributed by atoms with Gasteiger partial charge < -0.3 is 5.73 Å². The maximum atomic E-state index is 12.8. The number of nitrogens with two attached hydrogens (primary N) is 1. The molecular weight excluding hydrogens is 259 g/mol. The smallest absolute Gasteiger partial charge is 0.141 e. The summed E-state index contributed by atoms with van der Waals surface area (Å²) < 4.78 is 14.1. The van der Waals surface area contributed by atoms with E-state index in [0.717, 1.165) is 5.69 Å². The number of thiophene rings is 1. The van der Waals surface area contributed by atoms with Crippen LogP contribution in [0.15, 0.2) is 48.0 Å². The summed E-state index contributed by atoms with van der Waals surface area (Å²) in [6.45, 7) is 0. The van der Waals surface area contributed by atoms with E-state index in [1.807, 2.05) is 12.1 Å². The quantitative estimate of drug-likeness (QED) is 0.790. The molecule has 2 nitrogen and oxygen atoms in total. The zero-order chi connectivity index (χ0) is 13.2. The van der Waals surface area contributed by atoms with Gasteiger partial charge in [0.15, 0.2) is 0 Å². The third-order valence-corrected chi connectivity index (χ3v) is 4.14. The first-order valence-corrected chi connectivity index (χ1v) is 6.94. The van der Waals surface area contributed by atoms with Crippen molar-refractivity contribution in [1.29, 1.82) is 0 Å². The normalized spacial score (nSPS) is 12.7. The molecule has 0 bridgehead atoms. The van der Waals surface area contributed by atoms with Crippen LogP contribution in [0.5, 0.6) is 0 Å². The lowest BCUT2D eigenvalue weighted by atomic mass is 10.0. The fourth-order valence-electron chi connectivity index (χ4n) is 2.14. The van der Waals surface area contributed by atoms with Gasteiger partial charge in [0.25, 0.3) is 0 Å². The zero-order valence-electron chi connectivity index (χ0n) is 10.2. The van der Waals surface area contributed by atoms with E-state index in [9.17, 15) is 4.39 Å². The van der Waals surface area contributed by atoms with Gasteiger partial charge in [-0.25, -0.2) is 4.39 Å². The Labute approximate surface area is 114 Å². The molecule has 0 spiro atoms. The summed E-state index contributed by atoms with van der Waals surface area (Å²) in [5.74, 6) is -0.336. The van der Waals surface area contributed by atoms with Crippen molar-refractivity contribution < 1.29 is 4.39 Å². The Balaban J connectivity index is 1.86. The molecule has 3 aromatic rings. The molecule has 0 aliphatic rings. The summed E-state index contributed by atoms with van der Waals surface area (Å²) in [5, 5.41) is 3.37. The van der Waals surface area contributed by atoms with Crippen LogP contribution in [-0.4, -0.2) is 4.98 Å². The molecule has 0 amide bonds. The molecule has 0 aliphatic heterocycles. The number of halogens is 1. The number of nitrogens with zero attached hydrogens (tertiary/aromatic N) is 1. The number of hydrogen-bond donors (Lipinski definition) is 1. The van der Waals surface area contributed by atoms with Gasteiger partial charge >= 0.3 is 0 Å². The van der Waals surface area contributed by atoms with Crippen molar-refractivity contribution in [2.75, 3.05) is 0 Å². The first-order valence-electron chi connectivity index (χ1n) is 6.06. The van der Waals surface area contributed by atoms with Gasteiger partial charge in [-0.2, -0.15) is 0 Å². The van der Waals surface area contributed by atoms with Crippen molar-refractivity contribution in [2.45, 2.75) is 12.5 Å². The van der Waals surface area contributed by atoms with Crippen LogP contribution in [0.1, 0.15) is 17.3 Å². The molecule has 2 N–H and O–H groups in total. The van der Waals surface area contributed by atoms with Crippen LogP contribution in [0.25, 0.3) is 10.1 Å². The standard InChI is InChI=1S/C15H13FN2S/c16-11-5-6-14(18-8-11)13(17)7-10-9-19-15-4-2-1-3-12(10)15/h1-6,8-9,13H,7,17H2. The zero-order valence-corrected chi connectivity index (χ0v) is 11.0. The van der Waals surface area contributed by atoms with E-state index in [4.69, 9.17) is 5.73 Å². The lowest BCUT2D eigenvalue weighted by Crippen LogP contribution is -2.14. The molecule has 3 rings (SSSR count). The van der Waals surface area contributed by atoms with E-state index in [1.54, 1.807) is 17.4 Å². The molecule has 1 aromatic carbocycles. The van der Waals surface area contributed by atoms with Crippen LogP contribution in [-0.2, 0) is 6.42 Å². The number of aromatic nitrogens is 1. The van der Waals surface area contributed by atoms with Crippen molar-refractivity contribution in [3.63, 3.8) is 0 Å². The minimum atomic E-state index is -0.336. The second-order valence-electron chi connectivity index (χ2n) is 4.47. The predicted molar refractivity (Wildman–Crippen MR) is 76.7 cm³/mol. The molecule has 19 heavy (non-hydrogen) atoms. The van der Waals surface area contributed by atoms with E-state index >= 15 is 0 Å². The highest BCUT2D eigenvalue weighted by molar-refractivity contribution is 7.17. The Kier molecular flexibility index (Phi) is 3.27. The fraction of sp³-hybridized carbons (Fsp3) is 0.133. The van der Waals surface area contributed by atoms with E-state index in [2.05, 4.69) is 22.5 Å². The van der Waals surface area contributed by atoms with Gasteiger partial charge in [-0.1, -0.05) is 18.2 Å². The third kappa shape index (κ3) is 2.50. The Morgan fingerprint density at radius 2 is 2.05 bits per heavy atom. The number of hydrogen-bond acceptors (Lipinski definition) is 3. The van der Waals surface area contributed by atoms with Gasteiger partial charge in [0.1, 0.15) is 5.82 Å². The van der Waals surface area contributed by atoms with Crippen molar-refractivity contribution in [3.05, 3.63) is 65.0 Å². The molecule has 2 heterocycles. The molecule has 4 heteroatoms. The molecule has 0 aliphatic carbocycles. The van der Waals surface area contributed by atoms with Crippen molar-refractivity contribution >= 4 is 21.4 Å². The lowest BCUT2D eigenvalue weighted by Gasteiger charge is -2.10. The Morgan fingerprint density at radius 3 is 2.84 bits per heavy atom. The Bertz CT molecular complexity index is 691. The van der Waals surface area contributed by atoms with Crippen molar-refractivity contribution in [2.24, 2.45) is 5.73 Å². The highest BCUT2D eigenvalue weighted by Crippen LogP contribution is 2.28. The average molecular weight is 272 g/mol. The van der Waals surface area contributed by atoms with Gasteiger partial charge in [-0.15, -0.1) is 11.3 Å². The van der Waals surface area contributed by atoms with Gasteiger partial charge in [0, 0.05) is 4.70 Å². The van der Waals surface area contributed by atoms with Crippen molar-refractivity contribution in [3.8, 4) is 0 Å². The molecule has 1 atom stereocenters. The molecule has 0 saturated carbocycles. The monoisotopic (exact) mass is 272 g/mol. The fourth-order valence-corrected chi connectivity index (χ4v) is 3.11. The van der Waals surface area contributed by atoms with Crippen LogP contribution >= 0.6 is 11.3 Å².